The van der Waals surface area contributed by atoms with Gasteiger partial charge in [0.15, 0.2) is 5.96 Å². The van der Waals surface area contributed by atoms with Crippen molar-refractivity contribution in [3.8, 4) is 17.2 Å². The van der Waals surface area contributed by atoms with Crippen molar-refractivity contribution < 1.29 is 9.15 Å². The molecule has 0 spiro atoms. The van der Waals surface area contributed by atoms with E-state index in [1.807, 2.05) is 42.5 Å². The minimum atomic E-state index is 0.403. The maximum Gasteiger partial charge on any atom is 0.226 e. The Hall–Kier alpha value is -3.28. The molecular weight excluding hydrogens is 364 g/mol. The second kappa shape index (κ2) is 9.28. The molecule has 2 heterocycles. The molecule has 3 aromatic rings. The number of nitrogens with one attached hydrogen (secondary N) is 2. The zero-order valence-corrected chi connectivity index (χ0v) is 16.6. The molecule has 1 unspecified atom stereocenters. The van der Waals surface area contributed by atoms with E-state index in [1.54, 1.807) is 6.26 Å². The minimum Gasteiger partial charge on any atom is -0.493 e. The Bertz CT molecular complexity index is 952. The van der Waals surface area contributed by atoms with Crippen LogP contribution in [-0.4, -0.2) is 30.6 Å². The molecule has 2 N–H and O–H groups in total. The molecule has 2 aromatic carbocycles. The summed E-state index contributed by atoms with van der Waals surface area (Å²) in [4.78, 5) is 9.22. The van der Waals surface area contributed by atoms with E-state index in [0.29, 0.717) is 18.4 Å². The van der Waals surface area contributed by atoms with E-state index in [1.165, 1.54) is 5.56 Å². The van der Waals surface area contributed by atoms with Gasteiger partial charge in [0, 0.05) is 24.6 Å². The Balaban J connectivity index is 1.39. The van der Waals surface area contributed by atoms with Gasteiger partial charge in [0.1, 0.15) is 17.7 Å². The molecule has 1 aliphatic rings. The molecule has 0 fully saturated rings. The zero-order chi connectivity index (χ0) is 19.9. The van der Waals surface area contributed by atoms with Gasteiger partial charge in [-0.05, 0) is 37.1 Å². The van der Waals surface area contributed by atoms with Gasteiger partial charge < -0.3 is 19.8 Å². The lowest BCUT2D eigenvalue weighted by molar-refractivity contribution is 0.267. The molecule has 29 heavy (non-hydrogen) atoms. The maximum absolute atomic E-state index is 5.76. The van der Waals surface area contributed by atoms with Crippen LogP contribution in [0.2, 0.25) is 0 Å². The third kappa shape index (κ3) is 4.77. The summed E-state index contributed by atoms with van der Waals surface area (Å²) in [5.41, 5.74) is 3.02. The smallest absolute Gasteiger partial charge is 0.226 e. The first-order chi connectivity index (χ1) is 14.3. The van der Waals surface area contributed by atoms with Gasteiger partial charge in [-0.3, -0.25) is 0 Å². The number of rotatable bonds is 6. The van der Waals surface area contributed by atoms with Crippen molar-refractivity contribution in [1.29, 1.82) is 0 Å². The Morgan fingerprint density at radius 3 is 2.79 bits per heavy atom. The van der Waals surface area contributed by atoms with Crippen LogP contribution in [-0.2, 0) is 6.54 Å². The fourth-order valence-electron chi connectivity index (χ4n) is 3.44. The molecule has 4 rings (SSSR count). The number of hydrogen-bond donors (Lipinski definition) is 2. The summed E-state index contributed by atoms with van der Waals surface area (Å²) in [5, 5.41) is 6.77. The Labute approximate surface area is 171 Å². The Kier molecular flexibility index (Phi) is 6.10. The van der Waals surface area contributed by atoms with Crippen molar-refractivity contribution in [2.45, 2.75) is 25.8 Å². The molecule has 6 nitrogen and oxygen atoms in total. The minimum absolute atomic E-state index is 0.403. The van der Waals surface area contributed by atoms with Crippen LogP contribution >= 0.6 is 0 Å². The van der Waals surface area contributed by atoms with Crippen LogP contribution in [0.5, 0.6) is 5.75 Å². The number of ether oxygens (including phenoxy) is 1. The van der Waals surface area contributed by atoms with Gasteiger partial charge in [-0.1, -0.05) is 36.4 Å². The number of aromatic nitrogens is 1. The number of benzene rings is 2. The predicted octanol–water partition coefficient (Wildman–Crippen LogP) is 3.96. The predicted molar refractivity (Wildman–Crippen MR) is 114 cm³/mol. The highest BCUT2D eigenvalue weighted by molar-refractivity contribution is 5.79. The zero-order valence-electron chi connectivity index (χ0n) is 16.6. The molecule has 1 aliphatic heterocycles. The molecule has 0 bridgehead atoms. The highest BCUT2D eigenvalue weighted by Gasteiger charge is 2.21. The first-order valence-corrected chi connectivity index (χ1v) is 10.1. The second-order valence-electron chi connectivity index (χ2n) is 6.96. The summed E-state index contributed by atoms with van der Waals surface area (Å²) in [6.07, 6.45) is 2.66. The molecule has 0 saturated carbocycles. The number of aliphatic imine (C=N–C) groups is 1. The van der Waals surface area contributed by atoms with Gasteiger partial charge in [0.05, 0.1) is 13.2 Å². The van der Waals surface area contributed by atoms with Crippen molar-refractivity contribution >= 4 is 5.96 Å². The number of para-hydroxylation sites is 1. The van der Waals surface area contributed by atoms with E-state index in [9.17, 15) is 0 Å². The van der Waals surface area contributed by atoms with Gasteiger partial charge >= 0.3 is 0 Å². The van der Waals surface area contributed by atoms with Crippen LogP contribution in [0.4, 0.5) is 0 Å². The summed E-state index contributed by atoms with van der Waals surface area (Å²) in [7, 11) is 0. The third-order valence-corrected chi connectivity index (χ3v) is 4.91. The Morgan fingerprint density at radius 1 is 1.10 bits per heavy atom. The van der Waals surface area contributed by atoms with Crippen LogP contribution in [0.25, 0.3) is 11.5 Å². The Morgan fingerprint density at radius 2 is 1.93 bits per heavy atom. The van der Waals surface area contributed by atoms with E-state index in [-0.39, 0.29) is 0 Å². The molecule has 0 radical (unpaired) electrons. The number of oxazole rings is 1. The van der Waals surface area contributed by atoms with E-state index < -0.39 is 0 Å². The van der Waals surface area contributed by atoms with Crippen LogP contribution in [0, 0.1) is 0 Å². The maximum atomic E-state index is 5.76. The number of hydrogen-bond acceptors (Lipinski definition) is 4. The summed E-state index contributed by atoms with van der Waals surface area (Å²) in [6.45, 7) is 4.86. The number of guanidine groups is 1. The molecule has 0 amide bonds. The second-order valence-corrected chi connectivity index (χ2v) is 6.96. The number of nitrogens with zero attached hydrogens (tertiary/aromatic N) is 2. The van der Waals surface area contributed by atoms with Crippen molar-refractivity contribution in [2.24, 2.45) is 4.99 Å². The monoisotopic (exact) mass is 390 g/mol. The van der Waals surface area contributed by atoms with Crippen molar-refractivity contribution in [3.05, 3.63) is 72.1 Å². The van der Waals surface area contributed by atoms with Crippen LogP contribution in [0.15, 0.2) is 70.3 Å². The normalized spacial score (nSPS) is 16.0. The van der Waals surface area contributed by atoms with E-state index in [2.05, 4.69) is 39.7 Å². The van der Waals surface area contributed by atoms with Crippen molar-refractivity contribution in [1.82, 2.24) is 15.6 Å². The van der Waals surface area contributed by atoms with Gasteiger partial charge in [0.25, 0.3) is 0 Å². The molecule has 6 heteroatoms. The summed E-state index contributed by atoms with van der Waals surface area (Å²) in [6, 6.07) is 18.1. The quantitative estimate of drug-likeness (QED) is 0.492. The standard InChI is InChI=1S/C23H26N4O2/c1-2-24-23(25-14-18-12-13-28-21-11-7-6-10-20(18)21)26-15-19-16-29-22(27-19)17-8-4-3-5-9-17/h3-11,16,18H,2,12-15H2,1H3,(H2,24,25,26). The average molecular weight is 390 g/mol. The summed E-state index contributed by atoms with van der Waals surface area (Å²) < 4.78 is 11.4. The SMILES string of the molecule is CCNC(=NCc1coc(-c2ccccc2)n1)NCC1CCOc2ccccc21. The average Bonchev–Trinajstić information content (AvgIpc) is 3.25. The highest BCUT2D eigenvalue weighted by atomic mass is 16.5. The largest absolute Gasteiger partial charge is 0.493 e. The van der Waals surface area contributed by atoms with Crippen LogP contribution in [0.3, 0.4) is 0 Å². The van der Waals surface area contributed by atoms with Gasteiger partial charge in [-0.2, -0.15) is 0 Å². The highest BCUT2D eigenvalue weighted by Crippen LogP contribution is 2.32. The lowest BCUT2D eigenvalue weighted by Crippen LogP contribution is -2.40. The van der Waals surface area contributed by atoms with Gasteiger partial charge in [-0.15, -0.1) is 0 Å². The summed E-state index contributed by atoms with van der Waals surface area (Å²) >= 11 is 0. The molecule has 150 valence electrons. The molecule has 1 atom stereocenters. The summed E-state index contributed by atoms with van der Waals surface area (Å²) in [5.74, 6) is 2.79. The fraction of sp³-hybridized carbons (Fsp3) is 0.304. The van der Waals surface area contributed by atoms with E-state index in [4.69, 9.17) is 9.15 Å². The van der Waals surface area contributed by atoms with Crippen LogP contribution in [0.1, 0.15) is 30.5 Å². The third-order valence-electron chi connectivity index (χ3n) is 4.91. The van der Waals surface area contributed by atoms with Crippen molar-refractivity contribution in [3.63, 3.8) is 0 Å². The van der Waals surface area contributed by atoms with Gasteiger partial charge in [0.2, 0.25) is 5.89 Å². The number of fused-ring (bicyclic) bond motifs is 1. The molecule has 0 aliphatic carbocycles. The fourth-order valence-corrected chi connectivity index (χ4v) is 3.44. The molecular formula is C23H26N4O2. The van der Waals surface area contributed by atoms with Gasteiger partial charge in [-0.25, -0.2) is 9.98 Å². The molecule has 1 aromatic heterocycles. The first-order valence-electron chi connectivity index (χ1n) is 10.1. The lowest BCUT2D eigenvalue weighted by atomic mass is 9.93. The lowest BCUT2D eigenvalue weighted by Gasteiger charge is -2.26. The van der Waals surface area contributed by atoms with E-state index >= 15 is 0 Å². The molecule has 0 saturated heterocycles. The van der Waals surface area contributed by atoms with Crippen LogP contribution < -0.4 is 15.4 Å². The van der Waals surface area contributed by atoms with E-state index in [0.717, 1.165) is 49.1 Å². The first kappa shape index (κ1) is 19.1. The topological polar surface area (TPSA) is 71.7 Å². The van der Waals surface area contributed by atoms with Crippen molar-refractivity contribution in [2.75, 3.05) is 19.7 Å².